The molecule has 0 N–H and O–H groups in total. The average Bonchev–Trinajstić information content (AvgIpc) is 2.03. The highest BCUT2D eigenvalue weighted by atomic mass is 16.1. The van der Waals surface area contributed by atoms with Crippen molar-refractivity contribution in [3.05, 3.63) is 29.6 Å². The Morgan fingerprint density at radius 3 is 2.91 bits per heavy atom. The molecule has 2 nitrogen and oxygen atoms in total. The van der Waals surface area contributed by atoms with Gasteiger partial charge in [-0.2, -0.15) is 0 Å². The van der Waals surface area contributed by atoms with E-state index in [-0.39, 0.29) is 5.78 Å². The second-order valence-electron chi connectivity index (χ2n) is 2.46. The number of hydrogen-bond acceptors (Lipinski definition) is 2. The average molecular weight is 149 g/mol. The molecule has 58 valence electrons. The summed E-state index contributed by atoms with van der Waals surface area (Å²) in [7, 11) is 0. The Labute approximate surface area is 66.3 Å². The van der Waals surface area contributed by atoms with Gasteiger partial charge in [0.25, 0.3) is 0 Å². The summed E-state index contributed by atoms with van der Waals surface area (Å²) < 4.78 is 0. The predicted octanol–water partition coefficient (Wildman–Crippen LogP) is 1.98. The van der Waals surface area contributed by atoms with Crippen molar-refractivity contribution >= 4 is 5.78 Å². The summed E-state index contributed by atoms with van der Waals surface area (Å²) in [5.74, 6) is 0.176. The smallest absolute Gasteiger partial charge is 0.162 e. The third-order valence-electron chi connectivity index (χ3n) is 1.54. The van der Waals surface area contributed by atoms with Gasteiger partial charge in [0.15, 0.2) is 5.78 Å². The lowest BCUT2D eigenvalue weighted by molar-refractivity contribution is 0.0988. The van der Waals surface area contributed by atoms with E-state index in [0.29, 0.717) is 6.42 Å². The van der Waals surface area contributed by atoms with Crippen LogP contribution in [0.3, 0.4) is 0 Å². The minimum absolute atomic E-state index is 0.176. The van der Waals surface area contributed by atoms with Crippen LogP contribution in [0.1, 0.15) is 29.4 Å². The van der Waals surface area contributed by atoms with Crippen LogP contribution in [0.25, 0.3) is 0 Å². The highest BCUT2D eigenvalue weighted by Crippen LogP contribution is 2.03. The van der Waals surface area contributed by atoms with Crippen LogP contribution in [0.4, 0.5) is 0 Å². The maximum atomic E-state index is 11.1. The lowest BCUT2D eigenvalue weighted by atomic mass is 10.1. The summed E-state index contributed by atoms with van der Waals surface area (Å²) in [4.78, 5) is 15.1. The van der Waals surface area contributed by atoms with Crippen molar-refractivity contribution < 1.29 is 4.79 Å². The van der Waals surface area contributed by atoms with Crippen molar-refractivity contribution in [2.75, 3.05) is 0 Å². The Morgan fingerprint density at radius 2 is 2.36 bits per heavy atom. The Balaban J connectivity index is 2.96. The van der Waals surface area contributed by atoms with Gasteiger partial charge in [0.05, 0.1) is 0 Å². The van der Waals surface area contributed by atoms with E-state index in [2.05, 4.69) is 4.98 Å². The molecule has 0 aliphatic carbocycles. The van der Waals surface area contributed by atoms with E-state index in [4.69, 9.17) is 0 Å². The van der Waals surface area contributed by atoms with Gasteiger partial charge in [0, 0.05) is 23.9 Å². The molecule has 0 saturated carbocycles. The highest BCUT2D eigenvalue weighted by Gasteiger charge is 2.01. The van der Waals surface area contributed by atoms with E-state index in [1.54, 1.807) is 12.3 Å². The van der Waals surface area contributed by atoms with Crippen molar-refractivity contribution in [1.82, 2.24) is 4.98 Å². The SMILES string of the molecule is CCC(=O)c1ccnc(C)c1. The molecule has 2 heteroatoms. The normalized spacial score (nSPS) is 9.64. The Kier molecular flexibility index (Phi) is 2.36. The van der Waals surface area contributed by atoms with Gasteiger partial charge in [-0.1, -0.05) is 6.92 Å². The van der Waals surface area contributed by atoms with Gasteiger partial charge in [0.1, 0.15) is 0 Å². The van der Waals surface area contributed by atoms with E-state index < -0.39 is 0 Å². The van der Waals surface area contributed by atoms with E-state index in [1.807, 2.05) is 19.9 Å². The fraction of sp³-hybridized carbons (Fsp3) is 0.333. The largest absolute Gasteiger partial charge is 0.294 e. The second-order valence-corrected chi connectivity index (χ2v) is 2.46. The van der Waals surface area contributed by atoms with Crippen LogP contribution in [0.5, 0.6) is 0 Å². The van der Waals surface area contributed by atoms with Gasteiger partial charge in [-0.25, -0.2) is 0 Å². The van der Waals surface area contributed by atoms with Crippen LogP contribution >= 0.6 is 0 Å². The van der Waals surface area contributed by atoms with Gasteiger partial charge in [-0.3, -0.25) is 9.78 Å². The summed E-state index contributed by atoms with van der Waals surface area (Å²) >= 11 is 0. The molecule has 0 radical (unpaired) electrons. The zero-order valence-electron chi connectivity index (χ0n) is 6.79. The number of ketones is 1. The third-order valence-corrected chi connectivity index (χ3v) is 1.54. The van der Waals surface area contributed by atoms with Gasteiger partial charge >= 0.3 is 0 Å². The molecule has 1 heterocycles. The van der Waals surface area contributed by atoms with Crippen molar-refractivity contribution in [2.45, 2.75) is 20.3 Å². The molecule has 0 spiro atoms. The van der Waals surface area contributed by atoms with Crippen molar-refractivity contribution in [3.63, 3.8) is 0 Å². The first-order valence-corrected chi connectivity index (χ1v) is 3.70. The van der Waals surface area contributed by atoms with E-state index >= 15 is 0 Å². The first-order valence-electron chi connectivity index (χ1n) is 3.70. The lowest BCUT2D eigenvalue weighted by Gasteiger charge is -1.96. The standard InChI is InChI=1S/C9H11NO/c1-3-9(11)8-4-5-10-7(2)6-8/h4-6H,3H2,1-2H3. The summed E-state index contributed by atoms with van der Waals surface area (Å²) in [6, 6.07) is 3.56. The number of carbonyl (C=O) groups excluding carboxylic acids is 1. The van der Waals surface area contributed by atoms with E-state index in [0.717, 1.165) is 11.3 Å². The van der Waals surface area contributed by atoms with Gasteiger partial charge in [-0.15, -0.1) is 0 Å². The Bertz CT molecular complexity index is 268. The molecule has 0 bridgehead atoms. The molecule has 0 aliphatic rings. The minimum atomic E-state index is 0.176. The summed E-state index contributed by atoms with van der Waals surface area (Å²) in [6.45, 7) is 3.74. The molecule has 0 aliphatic heterocycles. The van der Waals surface area contributed by atoms with E-state index in [1.165, 1.54) is 0 Å². The second kappa shape index (κ2) is 3.28. The van der Waals surface area contributed by atoms with Crippen LogP contribution in [-0.4, -0.2) is 10.8 Å². The predicted molar refractivity (Wildman–Crippen MR) is 43.6 cm³/mol. The Hall–Kier alpha value is -1.18. The number of aryl methyl sites for hydroxylation is 1. The number of rotatable bonds is 2. The first-order chi connectivity index (χ1) is 5.24. The minimum Gasteiger partial charge on any atom is -0.294 e. The molecule has 11 heavy (non-hydrogen) atoms. The molecular formula is C9H11NO. The molecule has 1 rings (SSSR count). The maximum Gasteiger partial charge on any atom is 0.162 e. The Morgan fingerprint density at radius 1 is 1.64 bits per heavy atom. The first kappa shape index (κ1) is 7.92. The molecule has 0 saturated heterocycles. The zero-order chi connectivity index (χ0) is 8.27. The fourth-order valence-electron chi connectivity index (χ4n) is 0.923. The summed E-state index contributed by atoms with van der Waals surface area (Å²) in [6.07, 6.45) is 2.22. The van der Waals surface area contributed by atoms with Gasteiger partial charge in [0.2, 0.25) is 0 Å². The van der Waals surface area contributed by atoms with Gasteiger partial charge < -0.3 is 0 Å². The quantitative estimate of drug-likeness (QED) is 0.602. The molecule has 1 aromatic rings. The molecular weight excluding hydrogens is 138 g/mol. The number of nitrogens with zero attached hydrogens (tertiary/aromatic N) is 1. The van der Waals surface area contributed by atoms with Crippen LogP contribution in [-0.2, 0) is 0 Å². The number of pyridine rings is 1. The molecule has 0 fully saturated rings. The molecule has 0 unspecified atom stereocenters. The van der Waals surface area contributed by atoms with E-state index in [9.17, 15) is 4.79 Å². The lowest BCUT2D eigenvalue weighted by Crippen LogP contribution is -1.97. The molecule has 0 atom stereocenters. The highest BCUT2D eigenvalue weighted by molar-refractivity contribution is 5.95. The maximum absolute atomic E-state index is 11.1. The molecule has 0 amide bonds. The number of carbonyl (C=O) groups is 1. The monoisotopic (exact) mass is 149 g/mol. The molecule has 0 aromatic carbocycles. The molecule has 1 aromatic heterocycles. The summed E-state index contributed by atoms with van der Waals surface area (Å²) in [5.41, 5.74) is 1.66. The number of hydrogen-bond donors (Lipinski definition) is 0. The van der Waals surface area contributed by atoms with Gasteiger partial charge in [-0.05, 0) is 19.1 Å². The van der Waals surface area contributed by atoms with Crippen LogP contribution in [0.15, 0.2) is 18.3 Å². The fourth-order valence-corrected chi connectivity index (χ4v) is 0.923. The van der Waals surface area contributed by atoms with Crippen LogP contribution in [0, 0.1) is 6.92 Å². The van der Waals surface area contributed by atoms with Crippen LogP contribution < -0.4 is 0 Å². The third kappa shape index (κ3) is 1.87. The van der Waals surface area contributed by atoms with Crippen molar-refractivity contribution in [2.24, 2.45) is 0 Å². The topological polar surface area (TPSA) is 30.0 Å². The van der Waals surface area contributed by atoms with Crippen molar-refractivity contribution in [3.8, 4) is 0 Å². The van der Waals surface area contributed by atoms with Crippen molar-refractivity contribution in [1.29, 1.82) is 0 Å². The number of Topliss-reactive ketones (excluding diaryl/α,β-unsaturated/α-hetero) is 1. The van der Waals surface area contributed by atoms with Crippen LogP contribution in [0.2, 0.25) is 0 Å². The summed E-state index contributed by atoms with van der Waals surface area (Å²) in [5, 5.41) is 0. The zero-order valence-corrected chi connectivity index (χ0v) is 6.79. The number of aromatic nitrogens is 1.